The number of nitrogens with zero attached hydrogens (tertiary/aromatic N) is 1. The minimum Gasteiger partial charge on any atom is -0.391 e. The van der Waals surface area contributed by atoms with Crippen LogP contribution < -0.4 is 15.6 Å². The molecule has 178 valence electrons. The number of anilines is 1. The van der Waals surface area contributed by atoms with Crippen molar-refractivity contribution in [1.29, 1.82) is 0 Å². The third kappa shape index (κ3) is 4.67. The molecule has 11 heteroatoms. The zero-order valence-electron chi connectivity index (χ0n) is 18.8. The lowest BCUT2D eigenvalue weighted by Crippen LogP contribution is -2.39. The van der Waals surface area contributed by atoms with Gasteiger partial charge in [0, 0.05) is 30.6 Å². The van der Waals surface area contributed by atoms with Crippen molar-refractivity contribution in [2.24, 2.45) is 0 Å². The summed E-state index contributed by atoms with van der Waals surface area (Å²) in [6.07, 6.45) is 1.12. The van der Waals surface area contributed by atoms with Crippen LogP contribution in [-0.4, -0.2) is 56.1 Å². The predicted octanol–water partition coefficient (Wildman–Crippen LogP) is 2.05. The number of aromatic amines is 1. The van der Waals surface area contributed by atoms with Crippen molar-refractivity contribution in [2.45, 2.75) is 50.2 Å². The van der Waals surface area contributed by atoms with Gasteiger partial charge >= 0.3 is 0 Å². The molecule has 0 spiro atoms. The van der Waals surface area contributed by atoms with Crippen LogP contribution in [0.4, 0.5) is 5.69 Å². The molecule has 1 fully saturated rings. The number of methoxy groups -OCH3 is 1. The van der Waals surface area contributed by atoms with E-state index in [1.807, 2.05) is 0 Å². The molecule has 1 saturated carbocycles. The normalized spacial score (nSPS) is 18.8. The molecule has 2 aromatic heterocycles. The molecule has 2 heterocycles. The Labute approximate surface area is 191 Å². The molecule has 0 amide bonds. The lowest BCUT2D eigenvalue weighted by molar-refractivity contribution is 0.159. The van der Waals surface area contributed by atoms with Crippen LogP contribution >= 0.6 is 0 Å². The number of aromatic nitrogens is 2. The number of fused-ring (bicyclic) bond motifs is 1. The van der Waals surface area contributed by atoms with Gasteiger partial charge in [-0.1, -0.05) is 5.16 Å². The van der Waals surface area contributed by atoms with E-state index in [4.69, 9.17) is 9.26 Å². The SMILES string of the molecule is COCCNc1cc2c(S(=O)(=O)N[C@@H]3CCC[C@H]3O)cc(-c3c(C)noc3C)cc2[nH]c1=O. The van der Waals surface area contributed by atoms with E-state index in [2.05, 4.69) is 20.2 Å². The number of aliphatic hydroxyl groups excluding tert-OH is 1. The summed E-state index contributed by atoms with van der Waals surface area (Å²) in [6, 6.07) is 4.23. The van der Waals surface area contributed by atoms with Gasteiger partial charge in [0.1, 0.15) is 11.4 Å². The van der Waals surface area contributed by atoms with Gasteiger partial charge in [-0.15, -0.1) is 0 Å². The van der Waals surface area contributed by atoms with E-state index in [1.165, 1.54) is 6.07 Å². The van der Waals surface area contributed by atoms with Crippen LogP contribution in [-0.2, 0) is 14.8 Å². The molecule has 3 aromatic rings. The molecular weight excluding hydrogens is 448 g/mol. The van der Waals surface area contributed by atoms with Gasteiger partial charge in [-0.2, -0.15) is 0 Å². The number of hydrogen-bond donors (Lipinski definition) is 4. The van der Waals surface area contributed by atoms with Crippen LogP contribution in [0.1, 0.15) is 30.7 Å². The summed E-state index contributed by atoms with van der Waals surface area (Å²) in [5.41, 5.74) is 2.05. The van der Waals surface area contributed by atoms with Crippen LogP contribution in [0.3, 0.4) is 0 Å². The number of aryl methyl sites for hydroxylation is 2. The Morgan fingerprint density at radius 3 is 2.70 bits per heavy atom. The molecule has 0 radical (unpaired) electrons. The second kappa shape index (κ2) is 9.26. The van der Waals surface area contributed by atoms with Gasteiger partial charge in [-0.3, -0.25) is 4.79 Å². The average Bonchev–Trinajstić information content (AvgIpc) is 3.31. The van der Waals surface area contributed by atoms with E-state index < -0.39 is 22.2 Å². The minimum absolute atomic E-state index is 0.000131. The van der Waals surface area contributed by atoms with Crippen LogP contribution in [0.15, 0.2) is 32.4 Å². The lowest BCUT2D eigenvalue weighted by Gasteiger charge is -2.18. The smallest absolute Gasteiger partial charge is 0.271 e. The molecule has 1 aromatic carbocycles. The Kier molecular flexibility index (Phi) is 6.57. The fraction of sp³-hybridized carbons (Fsp3) is 0.455. The van der Waals surface area contributed by atoms with Crippen molar-refractivity contribution in [2.75, 3.05) is 25.6 Å². The van der Waals surface area contributed by atoms with Gasteiger partial charge in [-0.05, 0) is 56.9 Å². The quantitative estimate of drug-likeness (QED) is 0.361. The Bertz CT molecular complexity index is 1310. The largest absolute Gasteiger partial charge is 0.391 e. The highest BCUT2D eigenvalue weighted by Crippen LogP contribution is 2.34. The van der Waals surface area contributed by atoms with Crippen LogP contribution in [0.2, 0.25) is 0 Å². The topological polar surface area (TPSA) is 147 Å². The first-order valence-electron chi connectivity index (χ1n) is 10.8. The van der Waals surface area contributed by atoms with Gasteiger partial charge in [0.25, 0.3) is 5.56 Å². The van der Waals surface area contributed by atoms with Gasteiger partial charge in [0.15, 0.2) is 0 Å². The minimum atomic E-state index is -4.03. The van der Waals surface area contributed by atoms with E-state index in [-0.39, 0.29) is 16.1 Å². The highest BCUT2D eigenvalue weighted by atomic mass is 32.2. The summed E-state index contributed by atoms with van der Waals surface area (Å²) in [7, 11) is -2.48. The Hall–Kier alpha value is -2.73. The van der Waals surface area contributed by atoms with Crippen LogP contribution in [0.5, 0.6) is 0 Å². The number of sulfonamides is 1. The second-order valence-corrected chi connectivity index (χ2v) is 9.97. The third-order valence-corrected chi connectivity index (χ3v) is 7.47. The first kappa shape index (κ1) is 23.4. The Morgan fingerprint density at radius 1 is 1.27 bits per heavy atom. The molecule has 4 N–H and O–H groups in total. The van der Waals surface area contributed by atoms with Gasteiger partial charge < -0.3 is 24.7 Å². The zero-order valence-corrected chi connectivity index (χ0v) is 19.6. The number of ether oxygens (including phenoxy) is 1. The first-order valence-corrected chi connectivity index (χ1v) is 12.3. The highest BCUT2D eigenvalue weighted by molar-refractivity contribution is 7.89. The summed E-state index contributed by atoms with van der Waals surface area (Å²) in [6.45, 7) is 4.28. The fourth-order valence-corrected chi connectivity index (χ4v) is 5.84. The third-order valence-electron chi connectivity index (χ3n) is 5.94. The molecule has 0 saturated heterocycles. The number of aliphatic hydroxyl groups is 1. The maximum atomic E-state index is 13.5. The van der Waals surface area contributed by atoms with E-state index in [9.17, 15) is 18.3 Å². The molecule has 33 heavy (non-hydrogen) atoms. The summed E-state index contributed by atoms with van der Waals surface area (Å²) in [4.78, 5) is 15.4. The van der Waals surface area contributed by atoms with Gasteiger partial charge in [0.05, 0.1) is 28.8 Å². The second-order valence-electron chi connectivity index (χ2n) is 8.29. The Morgan fingerprint density at radius 2 is 2.06 bits per heavy atom. The van der Waals surface area contributed by atoms with Crippen molar-refractivity contribution in [1.82, 2.24) is 14.9 Å². The molecule has 0 aliphatic heterocycles. The van der Waals surface area contributed by atoms with E-state index in [0.717, 1.165) is 6.42 Å². The van der Waals surface area contributed by atoms with E-state index >= 15 is 0 Å². The zero-order chi connectivity index (χ0) is 23.8. The number of pyridine rings is 1. The van der Waals surface area contributed by atoms with E-state index in [0.29, 0.717) is 59.5 Å². The van der Waals surface area contributed by atoms with Crippen LogP contribution in [0.25, 0.3) is 22.0 Å². The summed E-state index contributed by atoms with van der Waals surface area (Å²) in [5, 5.41) is 17.5. The molecular formula is C22H28N4O6S. The van der Waals surface area contributed by atoms with Crippen molar-refractivity contribution in [3.63, 3.8) is 0 Å². The standard InChI is InChI=1S/C22H28N4O6S/c1-12-21(13(2)32-25-12)14-9-17-15(11-18(22(28)24-17)23-7-8-31-3)20(10-14)33(29,30)26-16-5-4-6-19(16)27/h9-11,16,19,23,26-27H,4-8H2,1-3H3,(H,24,28)/t16-,19-/m1/s1. The number of nitrogens with one attached hydrogen (secondary N) is 3. The van der Waals surface area contributed by atoms with Gasteiger partial charge in [0.2, 0.25) is 10.0 Å². The monoisotopic (exact) mass is 476 g/mol. The molecule has 10 nitrogen and oxygen atoms in total. The highest BCUT2D eigenvalue weighted by Gasteiger charge is 2.31. The van der Waals surface area contributed by atoms with Crippen molar-refractivity contribution >= 4 is 26.6 Å². The molecule has 4 rings (SSSR count). The average molecular weight is 477 g/mol. The van der Waals surface area contributed by atoms with Gasteiger partial charge in [-0.25, -0.2) is 13.1 Å². The number of H-pyrrole nitrogens is 1. The summed E-state index contributed by atoms with van der Waals surface area (Å²) in [5.74, 6) is 0.537. The van der Waals surface area contributed by atoms with Crippen molar-refractivity contribution in [3.8, 4) is 11.1 Å². The molecule has 0 bridgehead atoms. The number of hydrogen-bond acceptors (Lipinski definition) is 8. The first-order chi connectivity index (χ1) is 15.7. The van der Waals surface area contributed by atoms with Crippen molar-refractivity contribution in [3.05, 3.63) is 40.0 Å². The molecule has 1 aliphatic rings. The summed E-state index contributed by atoms with van der Waals surface area (Å²) >= 11 is 0. The number of benzene rings is 1. The van der Waals surface area contributed by atoms with Crippen molar-refractivity contribution < 1.29 is 22.8 Å². The maximum Gasteiger partial charge on any atom is 0.271 e. The van der Waals surface area contributed by atoms with Crippen LogP contribution in [0, 0.1) is 13.8 Å². The predicted molar refractivity (Wildman–Crippen MR) is 124 cm³/mol. The Balaban J connectivity index is 1.90. The number of rotatable bonds is 8. The molecule has 1 aliphatic carbocycles. The molecule has 0 unspecified atom stereocenters. The fourth-order valence-electron chi connectivity index (χ4n) is 4.30. The molecule has 2 atom stereocenters. The lowest BCUT2D eigenvalue weighted by atomic mass is 10.0. The van der Waals surface area contributed by atoms with E-state index in [1.54, 1.807) is 33.1 Å². The summed E-state index contributed by atoms with van der Waals surface area (Å²) < 4.78 is 39.9. The maximum absolute atomic E-state index is 13.5.